The number of methoxy groups -OCH3 is 1. The number of anilines is 3. The molecule has 10 nitrogen and oxygen atoms in total. The molecule has 3 N–H and O–H groups in total. The van der Waals surface area contributed by atoms with E-state index in [1.54, 1.807) is 12.1 Å². The zero-order valence-corrected chi connectivity index (χ0v) is 19.6. The van der Waals surface area contributed by atoms with Crippen molar-refractivity contribution in [1.29, 1.82) is 5.26 Å². The molecule has 35 heavy (non-hydrogen) atoms. The van der Waals surface area contributed by atoms with Crippen LogP contribution in [-0.2, 0) is 22.5 Å². The Hall–Kier alpha value is -4.07. The molecule has 0 amide bonds. The lowest BCUT2D eigenvalue weighted by Crippen LogP contribution is -2.42. The van der Waals surface area contributed by atoms with Gasteiger partial charge in [-0.1, -0.05) is 24.3 Å². The second-order valence-electron chi connectivity index (χ2n) is 8.22. The number of carbonyl (C=O) groups excluding carboxylic acids is 1. The normalized spacial score (nSPS) is 14.5. The Balaban J connectivity index is 1.43. The minimum Gasteiger partial charge on any atom is -0.467 e. The Morgan fingerprint density at radius 3 is 2.66 bits per heavy atom. The molecule has 4 rings (SSSR count). The number of nitriles is 1. The first kappa shape index (κ1) is 24.1. The molecule has 3 aromatic rings. The van der Waals surface area contributed by atoms with Crippen molar-refractivity contribution in [2.24, 2.45) is 0 Å². The number of rotatable bonds is 9. The van der Waals surface area contributed by atoms with E-state index in [2.05, 4.69) is 54.0 Å². The molecule has 180 valence electrons. The van der Waals surface area contributed by atoms with Crippen LogP contribution >= 0.6 is 0 Å². The molecule has 2 aromatic carbocycles. The number of nitrogens with one attached hydrogen (secondary N) is 3. The first-order valence-electron chi connectivity index (χ1n) is 11.4. The lowest BCUT2D eigenvalue weighted by molar-refractivity contribution is -0.141. The molecule has 1 aromatic heterocycles. The number of carbonyl (C=O) groups is 1. The summed E-state index contributed by atoms with van der Waals surface area (Å²) in [5.41, 5.74) is 3.51. The summed E-state index contributed by atoms with van der Waals surface area (Å²) in [5, 5.41) is 18.6. The van der Waals surface area contributed by atoms with Crippen LogP contribution < -0.4 is 16.0 Å². The van der Waals surface area contributed by atoms with Gasteiger partial charge >= 0.3 is 5.97 Å². The average molecular weight is 473 g/mol. The maximum atomic E-state index is 12.4. The standard InChI is InChI=1S/C25H28N8O2/c1-35-23(34)22(14-18-5-7-19(15-26)8-6-18)31-25-29-17-28-24(32-25)30-21-4-2-3-20(13-21)16-33-11-9-27-10-12-33/h2-8,13,17,22,27H,9-12,14,16H2,1H3,(H2,28,29,30,31,32). The highest BCUT2D eigenvalue weighted by atomic mass is 16.5. The van der Waals surface area contributed by atoms with Gasteiger partial charge in [-0.2, -0.15) is 10.2 Å². The molecule has 1 fully saturated rings. The van der Waals surface area contributed by atoms with Gasteiger partial charge in [0.15, 0.2) is 0 Å². The third kappa shape index (κ3) is 6.96. The van der Waals surface area contributed by atoms with E-state index >= 15 is 0 Å². The van der Waals surface area contributed by atoms with Crippen molar-refractivity contribution >= 4 is 23.6 Å². The van der Waals surface area contributed by atoms with Crippen LogP contribution in [0.1, 0.15) is 16.7 Å². The molecule has 0 radical (unpaired) electrons. The van der Waals surface area contributed by atoms with Crippen LogP contribution in [0, 0.1) is 11.3 Å². The van der Waals surface area contributed by atoms with Gasteiger partial charge in [-0.05, 0) is 35.4 Å². The SMILES string of the molecule is COC(=O)C(Cc1ccc(C#N)cc1)Nc1ncnc(Nc2cccc(CN3CCNCC3)c2)n1. The molecule has 1 saturated heterocycles. The second kappa shape index (κ2) is 11.9. The average Bonchev–Trinajstić information content (AvgIpc) is 2.89. The fraction of sp³-hybridized carbons (Fsp3) is 0.320. The highest BCUT2D eigenvalue weighted by Crippen LogP contribution is 2.17. The van der Waals surface area contributed by atoms with E-state index in [0.29, 0.717) is 17.9 Å². The lowest BCUT2D eigenvalue weighted by atomic mass is 10.0. The van der Waals surface area contributed by atoms with Gasteiger partial charge in [0.2, 0.25) is 11.9 Å². The fourth-order valence-electron chi connectivity index (χ4n) is 3.87. The number of benzene rings is 2. The summed E-state index contributed by atoms with van der Waals surface area (Å²) in [6.45, 7) is 4.97. The molecule has 1 aliphatic rings. The number of piperazine rings is 1. The molecule has 0 bridgehead atoms. The van der Waals surface area contributed by atoms with Gasteiger partial charge in [0, 0.05) is 44.8 Å². The molecule has 0 aliphatic carbocycles. The molecule has 1 atom stereocenters. The largest absolute Gasteiger partial charge is 0.467 e. The van der Waals surface area contributed by atoms with Crippen LogP contribution in [0.5, 0.6) is 0 Å². The highest BCUT2D eigenvalue weighted by molar-refractivity contribution is 5.79. The Bertz CT molecular complexity index is 1170. The molecular formula is C25H28N8O2. The number of hydrogen-bond acceptors (Lipinski definition) is 10. The van der Waals surface area contributed by atoms with Crippen molar-refractivity contribution in [3.8, 4) is 6.07 Å². The van der Waals surface area contributed by atoms with Crippen LogP contribution in [-0.4, -0.2) is 65.2 Å². The fourth-order valence-corrected chi connectivity index (χ4v) is 3.87. The van der Waals surface area contributed by atoms with E-state index < -0.39 is 12.0 Å². The Kier molecular flexibility index (Phi) is 8.17. The van der Waals surface area contributed by atoms with Gasteiger partial charge in [0.25, 0.3) is 0 Å². The van der Waals surface area contributed by atoms with Crippen molar-refractivity contribution in [1.82, 2.24) is 25.2 Å². The van der Waals surface area contributed by atoms with E-state index in [4.69, 9.17) is 10.00 Å². The number of hydrogen-bond donors (Lipinski definition) is 3. The molecule has 1 aliphatic heterocycles. The van der Waals surface area contributed by atoms with Crippen LogP contribution in [0.15, 0.2) is 54.9 Å². The molecule has 1 unspecified atom stereocenters. The van der Waals surface area contributed by atoms with Crippen LogP contribution in [0.25, 0.3) is 0 Å². The smallest absolute Gasteiger partial charge is 0.328 e. The molecule has 0 spiro atoms. The van der Waals surface area contributed by atoms with Crippen molar-refractivity contribution in [3.05, 3.63) is 71.5 Å². The van der Waals surface area contributed by atoms with Crippen LogP contribution in [0.4, 0.5) is 17.6 Å². The van der Waals surface area contributed by atoms with Gasteiger partial charge in [-0.25, -0.2) is 14.8 Å². The summed E-state index contributed by atoms with van der Waals surface area (Å²) in [5.74, 6) is 0.178. The first-order chi connectivity index (χ1) is 17.1. The molecule has 2 heterocycles. The van der Waals surface area contributed by atoms with Crippen LogP contribution in [0.2, 0.25) is 0 Å². The molecular weight excluding hydrogens is 444 g/mol. The van der Waals surface area contributed by atoms with E-state index in [1.807, 2.05) is 24.3 Å². The topological polar surface area (TPSA) is 128 Å². The zero-order valence-electron chi connectivity index (χ0n) is 19.6. The predicted molar refractivity (Wildman–Crippen MR) is 132 cm³/mol. The van der Waals surface area contributed by atoms with E-state index in [9.17, 15) is 4.79 Å². The summed E-state index contributed by atoms with van der Waals surface area (Å²) in [6.07, 6.45) is 1.74. The summed E-state index contributed by atoms with van der Waals surface area (Å²) < 4.78 is 4.95. The zero-order chi connectivity index (χ0) is 24.5. The third-order valence-corrected chi connectivity index (χ3v) is 5.68. The monoisotopic (exact) mass is 472 g/mol. The number of ether oxygens (including phenoxy) is 1. The van der Waals surface area contributed by atoms with Gasteiger partial charge in [0.05, 0.1) is 18.7 Å². The van der Waals surface area contributed by atoms with Crippen molar-refractivity contribution in [2.45, 2.75) is 19.0 Å². The number of esters is 1. The molecule has 10 heteroatoms. The van der Waals surface area contributed by atoms with E-state index in [-0.39, 0.29) is 5.95 Å². The van der Waals surface area contributed by atoms with Gasteiger partial charge < -0.3 is 20.7 Å². The Labute approximate surface area is 204 Å². The third-order valence-electron chi connectivity index (χ3n) is 5.68. The lowest BCUT2D eigenvalue weighted by Gasteiger charge is -2.27. The maximum absolute atomic E-state index is 12.4. The van der Waals surface area contributed by atoms with Crippen molar-refractivity contribution in [3.63, 3.8) is 0 Å². The Morgan fingerprint density at radius 2 is 1.91 bits per heavy atom. The Morgan fingerprint density at radius 1 is 1.14 bits per heavy atom. The van der Waals surface area contributed by atoms with Crippen molar-refractivity contribution in [2.75, 3.05) is 43.9 Å². The van der Waals surface area contributed by atoms with E-state index in [1.165, 1.54) is 19.0 Å². The van der Waals surface area contributed by atoms with E-state index in [0.717, 1.165) is 44.0 Å². The minimum absolute atomic E-state index is 0.253. The maximum Gasteiger partial charge on any atom is 0.328 e. The van der Waals surface area contributed by atoms with Gasteiger partial charge in [0.1, 0.15) is 12.4 Å². The molecule has 0 saturated carbocycles. The van der Waals surface area contributed by atoms with Crippen molar-refractivity contribution < 1.29 is 9.53 Å². The number of aromatic nitrogens is 3. The van der Waals surface area contributed by atoms with Gasteiger partial charge in [-0.3, -0.25) is 4.90 Å². The summed E-state index contributed by atoms with van der Waals surface area (Å²) >= 11 is 0. The summed E-state index contributed by atoms with van der Waals surface area (Å²) in [7, 11) is 1.34. The van der Waals surface area contributed by atoms with Crippen LogP contribution in [0.3, 0.4) is 0 Å². The quantitative estimate of drug-likeness (QED) is 0.398. The first-order valence-corrected chi connectivity index (χ1v) is 11.4. The van der Waals surface area contributed by atoms with Gasteiger partial charge in [-0.15, -0.1) is 0 Å². The second-order valence-corrected chi connectivity index (χ2v) is 8.22. The predicted octanol–water partition coefficient (Wildman–Crippen LogP) is 2.09. The summed E-state index contributed by atoms with van der Waals surface area (Å²) in [6, 6.07) is 16.6. The summed E-state index contributed by atoms with van der Waals surface area (Å²) in [4.78, 5) is 27.6. The highest BCUT2D eigenvalue weighted by Gasteiger charge is 2.21. The minimum atomic E-state index is -0.703. The number of nitrogens with zero attached hydrogens (tertiary/aromatic N) is 5.